The maximum absolute atomic E-state index is 13.1. The Kier molecular flexibility index (Phi) is 6.70. The summed E-state index contributed by atoms with van der Waals surface area (Å²) >= 11 is 0. The smallest absolute Gasteiger partial charge is 0.242 e. The van der Waals surface area contributed by atoms with Gasteiger partial charge in [0.2, 0.25) is 11.8 Å². The minimum atomic E-state index is -0.394. The summed E-state index contributed by atoms with van der Waals surface area (Å²) in [4.78, 5) is 27.9. The van der Waals surface area contributed by atoms with Crippen LogP contribution in [0.2, 0.25) is 0 Å². The van der Waals surface area contributed by atoms with E-state index < -0.39 is 6.04 Å². The van der Waals surface area contributed by atoms with Crippen LogP contribution in [0.1, 0.15) is 70.3 Å². The highest BCUT2D eigenvalue weighted by molar-refractivity contribution is 5.88. The highest BCUT2D eigenvalue weighted by atomic mass is 16.2. The molecule has 2 aliphatic rings. The van der Waals surface area contributed by atoms with Crippen molar-refractivity contribution in [1.82, 2.24) is 10.2 Å². The fourth-order valence-corrected chi connectivity index (χ4v) is 4.48. The first-order chi connectivity index (χ1) is 12.6. The van der Waals surface area contributed by atoms with E-state index in [9.17, 15) is 9.59 Å². The Morgan fingerprint density at radius 2 is 1.62 bits per heavy atom. The molecule has 4 heteroatoms. The van der Waals surface area contributed by atoms with Gasteiger partial charge in [-0.05, 0) is 38.2 Å². The number of nitrogens with zero attached hydrogens (tertiary/aromatic N) is 1. The summed E-state index contributed by atoms with van der Waals surface area (Å²) in [7, 11) is 0. The van der Waals surface area contributed by atoms with E-state index in [1.807, 2.05) is 42.2 Å². The molecular formula is C22H32N2O2. The minimum absolute atomic E-state index is 0.0175. The zero-order chi connectivity index (χ0) is 18.4. The van der Waals surface area contributed by atoms with Gasteiger partial charge in [-0.25, -0.2) is 0 Å². The fraction of sp³-hybridized carbons (Fsp3) is 0.636. The molecule has 2 fully saturated rings. The number of hydrogen-bond donors (Lipinski definition) is 1. The number of hydrogen-bond acceptors (Lipinski definition) is 2. The fourth-order valence-electron chi connectivity index (χ4n) is 4.48. The van der Waals surface area contributed by atoms with E-state index >= 15 is 0 Å². The Bertz CT molecular complexity index is 589. The van der Waals surface area contributed by atoms with E-state index in [2.05, 4.69) is 5.32 Å². The Labute approximate surface area is 157 Å². The van der Waals surface area contributed by atoms with Crippen molar-refractivity contribution in [3.8, 4) is 0 Å². The van der Waals surface area contributed by atoms with Crippen LogP contribution in [-0.2, 0) is 16.0 Å². The Morgan fingerprint density at radius 3 is 2.27 bits per heavy atom. The molecule has 0 heterocycles. The van der Waals surface area contributed by atoms with Crippen molar-refractivity contribution >= 4 is 11.8 Å². The molecule has 0 aliphatic heterocycles. The molecule has 26 heavy (non-hydrogen) atoms. The largest absolute Gasteiger partial charge is 0.352 e. The summed E-state index contributed by atoms with van der Waals surface area (Å²) in [5, 5.41) is 3.18. The second-order valence-corrected chi connectivity index (χ2v) is 7.92. The van der Waals surface area contributed by atoms with Gasteiger partial charge < -0.3 is 10.2 Å². The Balaban J connectivity index is 1.70. The van der Waals surface area contributed by atoms with Crippen LogP contribution < -0.4 is 5.32 Å². The van der Waals surface area contributed by atoms with E-state index in [1.54, 1.807) is 0 Å². The van der Waals surface area contributed by atoms with Gasteiger partial charge in [-0.15, -0.1) is 0 Å². The molecule has 1 N–H and O–H groups in total. The molecule has 0 bridgehead atoms. The molecule has 0 spiro atoms. The van der Waals surface area contributed by atoms with E-state index in [4.69, 9.17) is 0 Å². The quantitative estimate of drug-likeness (QED) is 0.842. The molecule has 3 rings (SSSR count). The maximum atomic E-state index is 13.1. The first kappa shape index (κ1) is 18.9. The lowest BCUT2D eigenvalue weighted by Gasteiger charge is -2.38. The highest BCUT2D eigenvalue weighted by Gasteiger charge is 2.33. The lowest BCUT2D eigenvalue weighted by Crippen LogP contribution is -2.54. The van der Waals surface area contributed by atoms with Gasteiger partial charge in [-0.3, -0.25) is 9.59 Å². The maximum Gasteiger partial charge on any atom is 0.242 e. The van der Waals surface area contributed by atoms with Crippen molar-refractivity contribution in [3.05, 3.63) is 35.9 Å². The van der Waals surface area contributed by atoms with Gasteiger partial charge >= 0.3 is 0 Å². The van der Waals surface area contributed by atoms with E-state index in [0.717, 1.165) is 44.1 Å². The first-order valence-electron chi connectivity index (χ1n) is 10.3. The number of amides is 2. The molecule has 2 amide bonds. The lowest BCUT2D eigenvalue weighted by atomic mass is 9.92. The minimum Gasteiger partial charge on any atom is -0.352 e. The normalized spacial score (nSPS) is 19.9. The molecular weight excluding hydrogens is 324 g/mol. The number of carbonyl (C=O) groups excluding carboxylic acids is 2. The molecule has 0 saturated heterocycles. The summed E-state index contributed by atoms with van der Waals surface area (Å²) in [6.45, 7) is 1.90. The topological polar surface area (TPSA) is 49.4 Å². The van der Waals surface area contributed by atoms with Crippen LogP contribution in [0.3, 0.4) is 0 Å². The predicted molar refractivity (Wildman–Crippen MR) is 104 cm³/mol. The molecule has 1 aromatic rings. The zero-order valence-corrected chi connectivity index (χ0v) is 16.0. The van der Waals surface area contributed by atoms with Crippen LogP contribution in [0.4, 0.5) is 0 Å². The summed E-state index contributed by atoms with van der Waals surface area (Å²) in [5.74, 6) is 0.0982. The van der Waals surface area contributed by atoms with Gasteiger partial charge in [0, 0.05) is 12.1 Å². The predicted octanol–water partition coefficient (Wildman–Crippen LogP) is 3.84. The van der Waals surface area contributed by atoms with Crippen LogP contribution in [-0.4, -0.2) is 34.8 Å². The molecule has 2 aliphatic carbocycles. The molecule has 1 unspecified atom stereocenters. The third kappa shape index (κ3) is 4.87. The zero-order valence-electron chi connectivity index (χ0n) is 16.0. The van der Waals surface area contributed by atoms with Crippen LogP contribution >= 0.6 is 0 Å². The van der Waals surface area contributed by atoms with Crippen molar-refractivity contribution in [3.63, 3.8) is 0 Å². The number of carbonyl (C=O) groups is 2. The standard InChI is InChI=1S/C22H32N2O2/c1-17(22(26)23-19-12-8-9-13-19)24(20-14-6-3-7-15-20)21(25)16-18-10-4-2-5-11-18/h2,4-5,10-11,17,19-20H,3,6-9,12-16H2,1H3,(H,23,26). The van der Waals surface area contributed by atoms with E-state index in [1.165, 1.54) is 19.3 Å². The number of rotatable bonds is 6. The van der Waals surface area contributed by atoms with Crippen LogP contribution in [0.5, 0.6) is 0 Å². The van der Waals surface area contributed by atoms with Crippen LogP contribution in [0.25, 0.3) is 0 Å². The molecule has 0 aromatic heterocycles. The number of nitrogens with one attached hydrogen (secondary N) is 1. The highest BCUT2D eigenvalue weighted by Crippen LogP contribution is 2.26. The van der Waals surface area contributed by atoms with Crippen molar-refractivity contribution in [2.75, 3.05) is 0 Å². The Morgan fingerprint density at radius 1 is 1.00 bits per heavy atom. The molecule has 0 radical (unpaired) electrons. The van der Waals surface area contributed by atoms with Gasteiger partial charge in [0.05, 0.1) is 6.42 Å². The van der Waals surface area contributed by atoms with Gasteiger partial charge in [0.1, 0.15) is 6.04 Å². The molecule has 1 atom stereocenters. The van der Waals surface area contributed by atoms with Gasteiger partial charge in [0.25, 0.3) is 0 Å². The monoisotopic (exact) mass is 356 g/mol. The average molecular weight is 357 g/mol. The van der Waals surface area contributed by atoms with Crippen molar-refractivity contribution in [2.45, 2.75) is 89.3 Å². The summed E-state index contributed by atoms with van der Waals surface area (Å²) < 4.78 is 0. The van der Waals surface area contributed by atoms with Crippen molar-refractivity contribution < 1.29 is 9.59 Å². The molecule has 1 aromatic carbocycles. The van der Waals surface area contributed by atoms with Gasteiger partial charge in [0.15, 0.2) is 0 Å². The summed E-state index contributed by atoms with van der Waals surface area (Å²) in [6.07, 6.45) is 10.5. The third-order valence-electron chi connectivity index (χ3n) is 5.95. The van der Waals surface area contributed by atoms with E-state index in [0.29, 0.717) is 12.5 Å². The van der Waals surface area contributed by atoms with Crippen LogP contribution in [0, 0.1) is 0 Å². The second-order valence-electron chi connectivity index (χ2n) is 7.92. The van der Waals surface area contributed by atoms with Gasteiger partial charge in [-0.1, -0.05) is 62.4 Å². The third-order valence-corrected chi connectivity index (χ3v) is 5.95. The molecule has 142 valence electrons. The average Bonchev–Trinajstić information content (AvgIpc) is 3.16. The van der Waals surface area contributed by atoms with Crippen LogP contribution in [0.15, 0.2) is 30.3 Å². The first-order valence-corrected chi connectivity index (χ1v) is 10.3. The van der Waals surface area contributed by atoms with E-state index in [-0.39, 0.29) is 17.9 Å². The molecule has 4 nitrogen and oxygen atoms in total. The molecule has 2 saturated carbocycles. The number of benzene rings is 1. The summed E-state index contributed by atoms with van der Waals surface area (Å²) in [6, 6.07) is 9.96. The van der Waals surface area contributed by atoms with Crippen molar-refractivity contribution in [1.29, 1.82) is 0 Å². The SMILES string of the molecule is CC(C(=O)NC1CCCC1)N(C(=O)Cc1ccccc1)C1CCCCC1. The Hall–Kier alpha value is -1.84. The second kappa shape index (κ2) is 9.20. The van der Waals surface area contributed by atoms with Crippen molar-refractivity contribution in [2.24, 2.45) is 0 Å². The van der Waals surface area contributed by atoms with Gasteiger partial charge in [-0.2, -0.15) is 0 Å². The summed E-state index contributed by atoms with van der Waals surface area (Å²) in [5.41, 5.74) is 1.02. The lowest BCUT2D eigenvalue weighted by molar-refractivity contribution is -0.143.